The van der Waals surface area contributed by atoms with Gasteiger partial charge in [-0.15, -0.1) is 0 Å². The zero-order chi connectivity index (χ0) is 67.2. The van der Waals surface area contributed by atoms with Crippen LogP contribution in [0.25, 0.3) is 0 Å². The number of benzene rings is 1. The molecule has 1 aromatic carbocycles. The van der Waals surface area contributed by atoms with E-state index >= 15 is 0 Å². The van der Waals surface area contributed by atoms with Crippen LogP contribution in [0.15, 0.2) is 54.3 Å². The fraction of sp³-hybridized carbons (Fsp3) is 0.607. The number of ketones is 4. The van der Waals surface area contributed by atoms with E-state index in [-0.39, 0.29) is 68.6 Å². The number of unbranched alkanes of at least 4 members (excludes halogenated alkanes) is 1. The number of hydrogen-bond acceptors (Lipinski definition) is 18. The number of primary amides is 2. The Balaban J connectivity index is 1.92. The standard InChI is InChI=1S/C61H95N15O14/c1-7-34(4)43(59(89)75-48(55(64)85)25-41-29-68-32-71-41)26-52(82)47(20-37-13-15-42(79)16-14-37)74-58(88)39(24-54(63)84)23-50(80)45(12-10-18-69-61(65)66)72-60(90)44(36(6)78)27-53(83)49(30-77)76-57(87)38(21-40-28-67-31-70-40)22-51(81)46(19-33(2)3)73-56(86)35(5)11-8-9-17-62/h13-16,28-29,31-36,38-39,43-49,77-79H,7-12,17-27,30,62H2,1-6H3,(H2,63,84)(H2,64,85)(H,67,70)(H,68,71)(H,72,90)(H,73,86)(H,74,88)(H,75,89)(H,76,87)(H4,65,66,69)/t34-,35-,36+,38+,39-,43-,44-,45-,46-,47-,48-,49-/m0/s1. The quantitative estimate of drug-likeness (QED) is 0.0188. The lowest BCUT2D eigenvalue weighted by Gasteiger charge is -2.28. The Bertz CT molecular complexity index is 2840. The van der Waals surface area contributed by atoms with Crippen molar-refractivity contribution in [2.24, 2.45) is 75.1 Å². The molecular weight excluding hydrogens is 1170 g/mol. The zero-order valence-corrected chi connectivity index (χ0v) is 52.4. The lowest BCUT2D eigenvalue weighted by Crippen LogP contribution is -2.51. The zero-order valence-electron chi connectivity index (χ0n) is 52.4. The normalized spacial score (nSPS) is 15.4. The minimum absolute atomic E-state index is 0.0293. The number of rotatable bonds is 45. The summed E-state index contributed by atoms with van der Waals surface area (Å²) in [7, 11) is 0. The first-order valence-corrected chi connectivity index (χ1v) is 30.5. The third-order valence-electron chi connectivity index (χ3n) is 15.7. The number of nitrogens with zero attached hydrogens (tertiary/aromatic N) is 3. The summed E-state index contributed by atoms with van der Waals surface area (Å²) in [5.74, 6) is -15.4. The number of aromatic hydroxyl groups is 1. The average Bonchev–Trinajstić information content (AvgIpc) is 2.33. The van der Waals surface area contributed by atoms with Crippen LogP contribution in [0, 0.1) is 41.4 Å². The maximum Gasteiger partial charge on any atom is 0.240 e. The molecule has 0 radical (unpaired) electrons. The summed E-state index contributed by atoms with van der Waals surface area (Å²) in [6.07, 6.45) is 3.05. The first kappa shape index (κ1) is 75.8. The second-order valence-electron chi connectivity index (χ2n) is 23.7. The molecule has 90 heavy (non-hydrogen) atoms. The lowest BCUT2D eigenvalue weighted by molar-refractivity contribution is -0.138. The number of Topliss-reactive ketones (excluding diaryl/α,β-unsaturated/α-hetero) is 4. The highest BCUT2D eigenvalue weighted by atomic mass is 16.3. The van der Waals surface area contributed by atoms with Crippen LogP contribution in [0.5, 0.6) is 5.75 Å². The summed E-state index contributed by atoms with van der Waals surface area (Å²) in [5.41, 5.74) is 29.4. The number of imidazole rings is 2. The van der Waals surface area contributed by atoms with Crippen molar-refractivity contribution < 1.29 is 68.1 Å². The number of phenols is 1. The highest BCUT2D eigenvalue weighted by molar-refractivity contribution is 5.99. The molecule has 0 aliphatic rings. The Morgan fingerprint density at radius 3 is 1.64 bits per heavy atom. The summed E-state index contributed by atoms with van der Waals surface area (Å²) >= 11 is 0. The molecule has 0 unspecified atom stereocenters. The molecule has 29 nitrogen and oxygen atoms in total. The van der Waals surface area contributed by atoms with E-state index in [0.29, 0.717) is 42.8 Å². The third kappa shape index (κ3) is 26.7. The van der Waals surface area contributed by atoms with Crippen molar-refractivity contribution in [3.05, 3.63) is 66.3 Å². The van der Waals surface area contributed by atoms with Crippen LogP contribution in [0.1, 0.15) is 136 Å². The van der Waals surface area contributed by atoms with E-state index in [1.165, 1.54) is 56.2 Å². The highest BCUT2D eigenvalue weighted by Gasteiger charge is 2.38. The summed E-state index contributed by atoms with van der Waals surface area (Å²) in [4.78, 5) is 170. The number of amides is 7. The molecular formula is C61H95N15O14. The predicted molar refractivity (Wildman–Crippen MR) is 331 cm³/mol. The van der Waals surface area contributed by atoms with Gasteiger partial charge in [-0.05, 0) is 81.5 Å². The van der Waals surface area contributed by atoms with E-state index in [1.807, 2.05) is 13.8 Å². The van der Waals surface area contributed by atoms with Gasteiger partial charge in [-0.1, -0.05) is 59.6 Å². The molecule has 0 aliphatic heterocycles. The molecule has 2 heterocycles. The molecule has 0 spiro atoms. The van der Waals surface area contributed by atoms with Gasteiger partial charge in [-0.25, -0.2) is 9.97 Å². The van der Waals surface area contributed by atoms with Crippen molar-refractivity contribution in [2.45, 2.75) is 174 Å². The molecule has 0 saturated heterocycles. The Labute approximate surface area is 524 Å². The number of aromatic amines is 2. The number of carbonyl (C=O) groups excluding carboxylic acids is 11. The van der Waals surface area contributed by atoms with Crippen molar-refractivity contribution in [3.63, 3.8) is 0 Å². The van der Waals surface area contributed by atoms with Crippen LogP contribution in [0.2, 0.25) is 0 Å². The minimum atomic E-state index is -1.67. The number of aliphatic hydroxyl groups excluding tert-OH is 2. The summed E-state index contributed by atoms with van der Waals surface area (Å²) in [6.45, 7) is 9.65. The molecule has 3 aromatic rings. The van der Waals surface area contributed by atoms with Gasteiger partial charge < -0.3 is 80.5 Å². The maximum atomic E-state index is 14.5. The third-order valence-corrected chi connectivity index (χ3v) is 15.7. The van der Waals surface area contributed by atoms with E-state index in [9.17, 15) is 68.1 Å². The van der Waals surface area contributed by atoms with Gasteiger partial charge in [0.05, 0.1) is 61.2 Å². The molecule has 0 aliphatic carbocycles. The summed E-state index contributed by atoms with van der Waals surface area (Å²) < 4.78 is 0. The number of aliphatic hydroxyl groups is 2. The predicted octanol–water partition coefficient (Wildman–Crippen LogP) is -0.763. The molecule has 29 heteroatoms. The number of nitrogens with one attached hydrogen (secondary N) is 7. The molecule has 3 rings (SSSR count). The van der Waals surface area contributed by atoms with E-state index in [1.54, 1.807) is 20.8 Å². The van der Waals surface area contributed by atoms with Gasteiger partial charge in [0.2, 0.25) is 41.4 Å². The van der Waals surface area contributed by atoms with Crippen LogP contribution in [0.4, 0.5) is 0 Å². The smallest absolute Gasteiger partial charge is 0.240 e. The molecule has 12 atom stereocenters. The molecule has 2 aromatic heterocycles. The Hall–Kier alpha value is -8.44. The fourth-order valence-electron chi connectivity index (χ4n) is 10.1. The van der Waals surface area contributed by atoms with Gasteiger partial charge in [0, 0.05) is 87.1 Å². The number of carbonyl (C=O) groups is 11. The monoisotopic (exact) mass is 1260 g/mol. The number of H-pyrrole nitrogens is 2. The molecule has 7 amide bonds. The van der Waals surface area contributed by atoms with Crippen LogP contribution in [-0.2, 0) is 72.0 Å². The first-order valence-electron chi connectivity index (χ1n) is 30.5. The van der Waals surface area contributed by atoms with Crippen LogP contribution >= 0.6 is 0 Å². The summed E-state index contributed by atoms with van der Waals surface area (Å²) in [5, 5.41) is 44.8. The van der Waals surface area contributed by atoms with Crippen molar-refractivity contribution >= 4 is 70.4 Å². The van der Waals surface area contributed by atoms with E-state index in [2.05, 4.69) is 51.5 Å². The Kier molecular flexibility index (Phi) is 32.7. The fourth-order valence-corrected chi connectivity index (χ4v) is 10.1. The van der Waals surface area contributed by atoms with Gasteiger partial charge in [-0.3, -0.25) is 57.7 Å². The van der Waals surface area contributed by atoms with Gasteiger partial charge in [-0.2, -0.15) is 0 Å². The van der Waals surface area contributed by atoms with Crippen molar-refractivity contribution in [2.75, 3.05) is 19.7 Å². The number of aromatic nitrogens is 4. The Morgan fingerprint density at radius 2 is 1.10 bits per heavy atom. The maximum absolute atomic E-state index is 14.5. The van der Waals surface area contributed by atoms with Gasteiger partial charge in [0.25, 0.3) is 0 Å². The number of guanidine groups is 1. The highest BCUT2D eigenvalue weighted by Crippen LogP contribution is 2.25. The summed E-state index contributed by atoms with van der Waals surface area (Å²) in [6, 6.07) is -1.07. The lowest BCUT2D eigenvalue weighted by atomic mass is 9.84. The number of hydrogen-bond donors (Lipinski definition) is 15. The van der Waals surface area contributed by atoms with Crippen LogP contribution < -0.4 is 55.3 Å². The number of phenolic OH excluding ortho intramolecular Hbond substituents is 1. The number of nitrogens with two attached hydrogens (primary N) is 5. The molecule has 498 valence electrons. The minimum Gasteiger partial charge on any atom is -0.508 e. The number of aliphatic imine (C=N–C) groups is 1. The molecule has 0 bridgehead atoms. The van der Waals surface area contributed by atoms with Crippen LogP contribution in [0.3, 0.4) is 0 Å². The van der Waals surface area contributed by atoms with Crippen molar-refractivity contribution in [1.29, 1.82) is 0 Å². The van der Waals surface area contributed by atoms with E-state index < -0.39 is 169 Å². The largest absolute Gasteiger partial charge is 0.508 e. The van der Waals surface area contributed by atoms with E-state index in [4.69, 9.17) is 28.7 Å². The topological polar surface area (TPSA) is 508 Å². The van der Waals surface area contributed by atoms with Gasteiger partial charge in [0.15, 0.2) is 29.1 Å². The average molecular weight is 1260 g/mol. The second-order valence-corrected chi connectivity index (χ2v) is 23.7. The van der Waals surface area contributed by atoms with Crippen LogP contribution in [-0.4, -0.2) is 162 Å². The van der Waals surface area contributed by atoms with Crippen molar-refractivity contribution in [1.82, 2.24) is 46.5 Å². The second kappa shape index (κ2) is 38.9. The SMILES string of the molecule is CC[C@H](C)[C@H](CC(=O)[C@H](Cc1ccc(O)cc1)NC(=O)[C@H](CC(N)=O)CC(=O)[C@H](CCCN=C(N)N)NC(=O)[C@@H](CC(=O)[C@H](CO)NC(=O)[C@@H](CC(=O)[C@H](CC(C)C)NC(=O)[C@@H](C)CCCCN)Cc1cnc[nH]1)[C@@H](C)O)C(=O)N[C@@H](Cc1cnc[nH]1)C(N)=O. The van der Waals surface area contributed by atoms with Gasteiger partial charge in [0.1, 0.15) is 17.8 Å². The molecule has 20 N–H and O–H groups in total. The Morgan fingerprint density at radius 1 is 0.578 bits per heavy atom. The van der Waals surface area contributed by atoms with Gasteiger partial charge >= 0.3 is 0 Å². The van der Waals surface area contributed by atoms with E-state index in [0.717, 1.165) is 6.42 Å². The molecule has 0 saturated carbocycles. The first-order chi connectivity index (χ1) is 42.6. The molecule has 0 fully saturated rings. The van der Waals surface area contributed by atoms with Crippen molar-refractivity contribution in [3.8, 4) is 5.75 Å².